The third-order valence-electron chi connectivity index (χ3n) is 3.06. The molecule has 0 aliphatic rings. The molecule has 21 heavy (non-hydrogen) atoms. The molecule has 0 aliphatic carbocycles. The molecule has 0 amide bonds. The van der Waals surface area contributed by atoms with Gasteiger partial charge in [-0.2, -0.15) is 0 Å². The second kappa shape index (κ2) is 8.31. The van der Waals surface area contributed by atoms with Gasteiger partial charge in [0.25, 0.3) is 0 Å². The van der Waals surface area contributed by atoms with Crippen LogP contribution >= 0.6 is 12.2 Å². The Morgan fingerprint density at radius 2 is 1.90 bits per heavy atom. The van der Waals surface area contributed by atoms with Gasteiger partial charge in [-0.1, -0.05) is 26.2 Å². The molecule has 0 aromatic heterocycles. The largest absolute Gasteiger partial charge is 0.360 e. The fourth-order valence-electron chi connectivity index (χ4n) is 1.89. The standard InChI is InChI=1S/C14H23N3O2S2/c1-3-4-5-6-11(2)16-14(20)17-12-7-9-13(10-8-12)21(15,18)19/h7-11H,3-6H2,1-2H3,(H2,15,18,19)(H2,16,17,20). The van der Waals surface area contributed by atoms with E-state index in [0.717, 1.165) is 12.1 Å². The molecule has 118 valence electrons. The predicted molar refractivity (Wildman–Crippen MR) is 90.8 cm³/mol. The minimum Gasteiger partial charge on any atom is -0.360 e. The SMILES string of the molecule is CCCCCC(C)NC(=S)Nc1ccc(S(N)(=O)=O)cc1. The quantitative estimate of drug-likeness (QED) is 0.529. The maximum absolute atomic E-state index is 11.2. The summed E-state index contributed by atoms with van der Waals surface area (Å²) in [5.41, 5.74) is 0.723. The van der Waals surface area contributed by atoms with Crippen LogP contribution in [0.25, 0.3) is 0 Å². The van der Waals surface area contributed by atoms with E-state index in [1.165, 1.54) is 31.4 Å². The Morgan fingerprint density at radius 3 is 2.43 bits per heavy atom. The van der Waals surface area contributed by atoms with Crippen LogP contribution in [0.1, 0.15) is 39.5 Å². The van der Waals surface area contributed by atoms with Crippen LogP contribution < -0.4 is 15.8 Å². The number of hydrogen-bond acceptors (Lipinski definition) is 3. The molecule has 4 N–H and O–H groups in total. The number of nitrogens with two attached hydrogens (primary N) is 1. The third-order valence-corrected chi connectivity index (χ3v) is 4.21. The lowest BCUT2D eigenvalue weighted by atomic mass is 10.1. The number of thiocarbonyl (C=S) groups is 1. The summed E-state index contributed by atoms with van der Waals surface area (Å²) >= 11 is 5.23. The first-order chi connectivity index (χ1) is 9.82. The van der Waals surface area contributed by atoms with Gasteiger partial charge in [-0.25, -0.2) is 13.6 Å². The summed E-state index contributed by atoms with van der Waals surface area (Å²) in [7, 11) is -3.66. The highest BCUT2D eigenvalue weighted by atomic mass is 32.2. The number of rotatable bonds is 7. The maximum Gasteiger partial charge on any atom is 0.238 e. The Balaban J connectivity index is 2.48. The van der Waals surface area contributed by atoms with Crippen molar-refractivity contribution in [2.24, 2.45) is 5.14 Å². The predicted octanol–water partition coefficient (Wildman–Crippen LogP) is 2.59. The number of anilines is 1. The van der Waals surface area contributed by atoms with E-state index in [4.69, 9.17) is 17.4 Å². The van der Waals surface area contributed by atoms with E-state index in [2.05, 4.69) is 24.5 Å². The minimum atomic E-state index is -3.66. The lowest BCUT2D eigenvalue weighted by molar-refractivity contribution is 0.556. The van der Waals surface area contributed by atoms with Crippen molar-refractivity contribution in [3.8, 4) is 0 Å². The van der Waals surface area contributed by atoms with Crippen LogP contribution in [0, 0.1) is 0 Å². The molecule has 1 aromatic rings. The fraction of sp³-hybridized carbons (Fsp3) is 0.500. The topological polar surface area (TPSA) is 84.2 Å². The van der Waals surface area contributed by atoms with E-state index in [1.54, 1.807) is 12.1 Å². The second-order valence-corrected chi connectivity index (χ2v) is 7.03. The first-order valence-corrected chi connectivity index (χ1v) is 8.98. The molecule has 0 radical (unpaired) electrons. The van der Waals surface area contributed by atoms with Crippen LogP contribution in [0.15, 0.2) is 29.2 Å². The molecule has 7 heteroatoms. The highest BCUT2D eigenvalue weighted by Crippen LogP contribution is 2.12. The van der Waals surface area contributed by atoms with Crippen molar-refractivity contribution in [1.82, 2.24) is 5.32 Å². The summed E-state index contributed by atoms with van der Waals surface area (Å²) < 4.78 is 22.3. The Kier molecular flexibility index (Phi) is 7.07. The zero-order chi connectivity index (χ0) is 15.9. The monoisotopic (exact) mass is 329 g/mol. The molecule has 1 unspecified atom stereocenters. The zero-order valence-corrected chi connectivity index (χ0v) is 14.1. The lowest BCUT2D eigenvalue weighted by Gasteiger charge is -2.17. The molecule has 1 rings (SSSR count). The van der Waals surface area contributed by atoms with E-state index in [0.29, 0.717) is 11.2 Å². The summed E-state index contributed by atoms with van der Waals surface area (Å²) in [5.74, 6) is 0. The number of unbranched alkanes of at least 4 members (excludes halogenated alkanes) is 2. The summed E-state index contributed by atoms with van der Waals surface area (Å²) in [5, 5.41) is 11.8. The van der Waals surface area contributed by atoms with Crippen molar-refractivity contribution in [1.29, 1.82) is 0 Å². The van der Waals surface area contributed by atoms with Gasteiger partial charge in [-0.05, 0) is 49.8 Å². The van der Waals surface area contributed by atoms with Crippen LogP contribution in [-0.4, -0.2) is 19.6 Å². The fourth-order valence-corrected chi connectivity index (χ4v) is 2.73. The van der Waals surface area contributed by atoms with Gasteiger partial charge in [0.1, 0.15) is 0 Å². The molecule has 0 bridgehead atoms. The first kappa shape index (κ1) is 17.9. The molecule has 1 atom stereocenters. The molecule has 0 spiro atoms. The molecule has 0 aliphatic heterocycles. The van der Waals surface area contributed by atoms with Crippen molar-refractivity contribution in [3.63, 3.8) is 0 Å². The van der Waals surface area contributed by atoms with Gasteiger partial charge in [-0.3, -0.25) is 0 Å². The molecule has 0 saturated carbocycles. The van der Waals surface area contributed by atoms with Crippen molar-refractivity contribution < 1.29 is 8.42 Å². The van der Waals surface area contributed by atoms with E-state index in [-0.39, 0.29) is 4.90 Å². The summed E-state index contributed by atoms with van der Waals surface area (Å²) in [4.78, 5) is 0.0832. The van der Waals surface area contributed by atoms with Gasteiger partial charge in [0.2, 0.25) is 10.0 Å². The van der Waals surface area contributed by atoms with E-state index >= 15 is 0 Å². The average Bonchev–Trinajstić information content (AvgIpc) is 2.38. The zero-order valence-electron chi connectivity index (χ0n) is 12.4. The number of sulfonamides is 1. The van der Waals surface area contributed by atoms with Crippen LogP contribution in [0.5, 0.6) is 0 Å². The lowest BCUT2D eigenvalue weighted by Crippen LogP contribution is -2.35. The third kappa shape index (κ3) is 6.88. The van der Waals surface area contributed by atoms with Gasteiger partial charge < -0.3 is 10.6 Å². The number of primary sulfonamides is 1. The molecule has 1 aromatic carbocycles. The summed E-state index contributed by atoms with van der Waals surface area (Å²) in [6.45, 7) is 4.27. The van der Waals surface area contributed by atoms with Crippen LogP contribution in [0.2, 0.25) is 0 Å². The van der Waals surface area contributed by atoms with Crippen molar-refractivity contribution >= 4 is 33.0 Å². The van der Waals surface area contributed by atoms with Crippen molar-refractivity contribution in [2.45, 2.75) is 50.5 Å². The van der Waals surface area contributed by atoms with Crippen molar-refractivity contribution in [2.75, 3.05) is 5.32 Å². The van der Waals surface area contributed by atoms with Crippen LogP contribution in [0.4, 0.5) is 5.69 Å². The minimum absolute atomic E-state index is 0.0832. The summed E-state index contributed by atoms with van der Waals surface area (Å²) in [6.07, 6.45) is 4.67. The Bertz CT molecular complexity index is 556. The highest BCUT2D eigenvalue weighted by Gasteiger charge is 2.08. The van der Waals surface area contributed by atoms with Gasteiger partial charge in [0.05, 0.1) is 4.90 Å². The first-order valence-electron chi connectivity index (χ1n) is 7.03. The van der Waals surface area contributed by atoms with E-state index < -0.39 is 10.0 Å². The van der Waals surface area contributed by atoms with Crippen LogP contribution in [-0.2, 0) is 10.0 Å². The molecule has 0 fully saturated rings. The maximum atomic E-state index is 11.2. The Labute approximate surface area is 132 Å². The number of hydrogen-bond donors (Lipinski definition) is 3. The second-order valence-electron chi connectivity index (χ2n) is 5.06. The van der Waals surface area contributed by atoms with E-state index in [1.807, 2.05) is 0 Å². The number of benzene rings is 1. The number of nitrogens with one attached hydrogen (secondary N) is 2. The molecule has 0 saturated heterocycles. The van der Waals surface area contributed by atoms with Gasteiger partial charge >= 0.3 is 0 Å². The average molecular weight is 329 g/mol. The molecular formula is C14H23N3O2S2. The Hall–Kier alpha value is -1.18. The van der Waals surface area contributed by atoms with Crippen molar-refractivity contribution in [3.05, 3.63) is 24.3 Å². The molecule has 5 nitrogen and oxygen atoms in total. The normalized spacial score (nSPS) is 12.7. The summed E-state index contributed by atoms with van der Waals surface area (Å²) in [6, 6.07) is 6.47. The Morgan fingerprint density at radius 1 is 1.29 bits per heavy atom. The van der Waals surface area contributed by atoms with Gasteiger partial charge in [-0.15, -0.1) is 0 Å². The molecule has 0 heterocycles. The van der Waals surface area contributed by atoms with E-state index in [9.17, 15) is 8.42 Å². The van der Waals surface area contributed by atoms with Crippen LogP contribution in [0.3, 0.4) is 0 Å². The van der Waals surface area contributed by atoms with Gasteiger partial charge in [0, 0.05) is 11.7 Å². The van der Waals surface area contributed by atoms with Gasteiger partial charge in [0.15, 0.2) is 5.11 Å². The molecular weight excluding hydrogens is 306 g/mol. The smallest absolute Gasteiger partial charge is 0.238 e. The highest BCUT2D eigenvalue weighted by molar-refractivity contribution is 7.89.